The maximum atomic E-state index is 12.6. The Morgan fingerprint density at radius 1 is 1.06 bits per heavy atom. The fraction of sp³-hybridized carbons (Fsp3) is 0.500. The molecule has 1 aliphatic carbocycles. The molecule has 2 aromatic rings. The fourth-order valence-corrected chi connectivity index (χ4v) is 4.94. The number of alkyl halides is 3. The molecule has 2 aromatic carbocycles. The number of aryl methyl sites for hydroxylation is 1. The molecule has 35 heavy (non-hydrogen) atoms. The first-order chi connectivity index (χ1) is 16.5. The van der Waals surface area contributed by atoms with Crippen molar-refractivity contribution in [3.8, 4) is 0 Å². The van der Waals surface area contributed by atoms with Gasteiger partial charge in [-0.25, -0.2) is 0 Å². The Kier molecular flexibility index (Phi) is 9.40. The average Bonchev–Trinajstić information content (AvgIpc) is 2.78. The molecule has 0 saturated carbocycles. The van der Waals surface area contributed by atoms with Crippen LogP contribution < -0.4 is 5.32 Å². The van der Waals surface area contributed by atoms with Gasteiger partial charge >= 0.3 is 6.18 Å². The minimum atomic E-state index is -4.75. The van der Waals surface area contributed by atoms with Gasteiger partial charge in [0.25, 0.3) is 0 Å². The second kappa shape index (κ2) is 12.1. The van der Waals surface area contributed by atoms with E-state index in [0.717, 1.165) is 42.5 Å². The standard InChI is InChI=1S/C28H33ClF3NO2/c1-18(2)16-25(34)22-10-6-20(7-11-22)17-33-27-23-13-8-19(9-15-26(35)28(30,31)32)4-3-5-21(23)12-14-24(27)29/h6-7,10-12,14,18-19,33H,3-5,8-9,13,15-17H2,1-2H3. The van der Waals surface area contributed by atoms with Crippen molar-refractivity contribution < 1.29 is 22.8 Å². The van der Waals surface area contributed by atoms with Crippen LogP contribution in [0.1, 0.15) is 79.4 Å². The summed E-state index contributed by atoms with van der Waals surface area (Å²) in [7, 11) is 0. The number of hydrogen-bond donors (Lipinski definition) is 1. The lowest BCUT2D eigenvalue weighted by Gasteiger charge is -2.24. The highest BCUT2D eigenvalue weighted by Gasteiger charge is 2.37. The SMILES string of the molecule is CC(C)CC(=O)c1ccc(CNc2c(Cl)ccc3c2CCC(CCC(=O)C(F)(F)F)CCC3)cc1. The Morgan fingerprint density at radius 3 is 2.43 bits per heavy atom. The van der Waals surface area contributed by atoms with Gasteiger partial charge in [-0.15, -0.1) is 0 Å². The normalized spacial score (nSPS) is 16.4. The molecule has 3 nitrogen and oxygen atoms in total. The second-order valence-corrected chi connectivity index (χ2v) is 10.3. The van der Waals surface area contributed by atoms with Crippen molar-refractivity contribution in [2.75, 3.05) is 5.32 Å². The Balaban J connectivity index is 1.66. The molecule has 1 unspecified atom stereocenters. The van der Waals surface area contributed by atoms with Gasteiger partial charge in [-0.3, -0.25) is 9.59 Å². The molecule has 1 aliphatic rings. The largest absolute Gasteiger partial charge is 0.449 e. The summed E-state index contributed by atoms with van der Waals surface area (Å²) in [6.07, 6.45) is -0.477. The molecule has 0 spiro atoms. The number of hydrogen-bond acceptors (Lipinski definition) is 3. The molecule has 0 amide bonds. The summed E-state index contributed by atoms with van der Waals surface area (Å²) in [6, 6.07) is 11.5. The van der Waals surface area contributed by atoms with Crippen molar-refractivity contribution >= 4 is 28.9 Å². The van der Waals surface area contributed by atoms with Gasteiger partial charge in [0.2, 0.25) is 5.78 Å². The highest BCUT2D eigenvalue weighted by molar-refractivity contribution is 6.33. The second-order valence-electron chi connectivity index (χ2n) is 9.89. The summed E-state index contributed by atoms with van der Waals surface area (Å²) < 4.78 is 37.8. The van der Waals surface area contributed by atoms with E-state index in [1.807, 2.05) is 50.2 Å². The third-order valence-corrected chi connectivity index (χ3v) is 6.97. The Morgan fingerprint density at radius 2 is 1.77 bits per heavy atom. The van der Waals surface area contributed by atoms with Gasteiger partial charge in [0.05, 0.1) is 10.7 Å². The van der Waals surface area contributed by atoms with E-state index in [4.69, 9.17) is 11.6 Å². The van der Waals surface area contributed by atoms with Crippen molar-refractivity contribution in [1.29, 1.82) is 0 Å². The van der Waals surface area contributed by atoms with Crippen LogP contribution in [0.15, 0.2) is 36.4 Å². The van der Waals surface area contributed by atoms with Gasteiger partial charge in [0.15, 0.2) is 5.78 Å². The molecule has 0 aromatic heterocycles. The lowest BCUT2D eigenvalue weighted by Crippen LogP contribution is -2.23. The quantitative estimate of drug-likeness (QED) is 0.350. The molecule has 1 N–H and O–H groups in total. The third-order valence-electron chi connectivity index (χ3n) is 6.65. The number of ketones is 2. The van der Waals surface area contributed by atoms with Gasteiger partial charge < -0.3 is 5.32 Å². The maximum Gasteiger partial charge on any atom is 0.449 e. The Hall–Kier alpha value is -2.34. The predicted octanol–water partition coefficient (Wildman–Crippen LogP) is 7.98. The molecule has 0 saturated heterocycles. The number of fused-ring (bicyclic) bond motifs is 1. The van der Waals surface area contributed by atoms with E-state index >= 15 is 0 Å². The van der Waals surface area contributed by atoms with Gasteiger partial charge in [-0.1, -0.05) is 62.2 Å². The molecule has 3 rings (SSSR count). The summed E-state index contributed by atoms with van der Waals surface area (Å²) in [6.45, 7) is 4.59. The van der Waals surface area contributed by atoms with Crippen LogP contribution in [0, 0.1) is 11.8 Å². The third kappa shape index (κ3) is 7.83. The molecule has 0 heterocycles. The van der Waals surface area contributed by atoms with E-state index in [2.05, 4.69) is 5.32 Å². The molecule has 0 aliphatic heterocycles. The van der Waals surface area contributed by atoms with Gasteiger partial charge in [0.1, 0.15) is 0 Å². The van der Waals surface area contributed by atoms with Crippen LogP contribution in [0.25, 0.3) is 0 Å². The number of nitrogens with one attached hydrogen (secondary N) is 1. The minimum Gasteiger partial charge on any atom is -0.380 e. The molecule has 190 valence electrons. The van der Waals surface area contributed by atoms with Crippen LogP contribution >= 0.6 is 11.6 Å². The average molecular weight is 508 g/mol. The van der Waals surface area contributed by atoms with Crippen molar-refractivity contribution in [1.82, 2.24) is 0 Å². The summed E-state index contributed by atoms with van der Waals surface area (Å²) >= 11 is 6.55. The van der Waals surface area contributed by atoms with Gasteiger partial charge in [0, 0.05) is 24.9 Å². The van der Waals surface area contributed by atoms with E-state index < -0.39 is 18.4 Å². The fourth-order valence-electron chi connectivity index (χ4n) is 4.70. The van der Waals surface area contributed by atoms with Crippen LogP contribution in [-0.4, -0.2) is 17.7 Å². The molecule has 1 atom stereocenters. The summed E-state index contributed by atoms with van der Waals surface area (Å²) in [5.41, 5.74) is 4.90. The number of carbonyl (C=O) groups is 2. The number of carbonyl (C=O) groups excluding carboxylic acids is 2. The highest BCUT2D eigenvalue weighted by atomic mass is 35.5. The Labute approximate surface area is 210 Å². The first-order valence-corrected chi connectivity index (χ1v) is 12.7. The van der Waals surface area contributed by atoms with Crippen molar-refractivity contribution in [2.24, 2.45) is 11.8 Å². The zero-order chi connectivity index (χ0) is 25.6. The number of Topliss-reactive ketones (excluding diaryl/α,β-unsaturated/α-hetero) is 2. The van der Waals surface area contributed by atoms with E-state index in [9.17, 15) is 22.8 Å². The van der Waals surface area contributed by atoms with E-state index in [1.54, 1.807) is 0 Å². The lowest BCUT2D eigenvalue weighted by molar-refractivity contribution is -0.171. The van der Waals surface area contributed by atoms with Crippen LogP contribution in [0.3, 0.4) is 0 Å². The van der Waals surface area contributed by atoms with E-state index in [0.29, 0.717) is 35.9 Å². The zero-order valence-electron chi connectivity index (χ0n) is 20.3. The summed E-state index contributed by atoms with van der Waals surface area (Å²) in [5, 5.41) is 4.06. The first-order valence-electron chi connectivity index (χ1n) is 12.3. The van der Waals surface area contributed by atoms with Gasteiger partial charge in [-0.2, -0.15) is 13.2 Å². The molecule has 0 bridgehead atoms. The van der Waals surface area contributed by atoms with Crippen molar-refractivity contribution in [3.63, 3.8) is 0 Å². The molecular formula is C28H33ClF3NO2. The number of rotatable bonds is 9. The van der Waals surface area contributed by atoms with Crippen LogP contribution in [0.2, 0.25) is 5.02 Å². The summed E-state index contributed by atoms with van der Waals surface area (Å²) in [4.78, 5) is 23.6. The minimum absolute atomic E-state index is 0.0807. The monoisotopic (exact) mass is 507 g/mol. The molecular weight excluding hydrogens is 475 g/mol. The van der Waals surface area contributed by atoms with Crippen LogP contribution in [0.5, 0.6) is 0 Å². The number of halogens is 4. The molecule has 0 radical (unpaired) electrons. The van der Waals surface area contributed by atoms with E-state index in [1.165, 1.54) is 5.56 Å². The van der Waals surface area contributed by atoms with Crippen molar-refractivity contribution in [2.45, 2.75) is 77.9 Å². The maximum absolute atomic E-state index is 12.6. The Bertz CT molecular complexity index is 1030. The van der Waals surface area contributed by atoms with Crippen LogP contribution in [-0.2, 0) is 24.2 Å². The predicted molar refractivity (Wildman–Crippen MR) is 134 cm³/mol. The first kappa shape index (κ1) is 27.3. The number of benzene rings is 2. The van der Waals surface area contributed by atoms with Crippen LogP contribution in [0.4, 0.5) is 18.9 Å². The van der Waals surface area contributed by atoms with Gasteiger partial charge in [-0.05, 0) is 66.7 Å². The highest BCUT2D eigenvalue weighted by Crippen LogP contribution is 2.35. The van der Waals surface area contributed by atoms with E-state index in [-0.39, 0.29) is 18.1 Å². The summed E-state index contributed by atoms with van der Waals surface area (Å²) in [5.74, 6) is -1.11. The number of anilines is 1. The topological polar surface area (TPSA) is 46.2 Å². The molecule has 7 heteroatoms. The van der Waals surface area contributed by atoms with Crippen molar-refractivity contribution in [3.05, 3.63) is 63.7 Å². The zero-order valence-corrected chi connectivity index (χ0v) is 21.1. The molecule has 0 fully saturated rings. The lowest BCUT2D eigenvalue weighted by atomic mass is 9.84. The smallest absolute Gasteiger partial charge is 0.380 e.